The van der Waals surface area contributed by atoms with E-state index in [9.17, 15) is 14.9 Å². The van der Waals surface area contributed by atoms with Gasteiger partial charge < -0.3 is 0 Å². The van der Waals surface area contributed by atoms with Crippen molar-refractivity contribution in [2.24, 2.45) is 5.10 Å². The Morgan fingerprint density at radius 2 is 2.29 bits per heavy atom. The number of carbonyl (C=O) groups excluding carboxylic acids is 1. The standard InChI is InChI=1S/C13H12N4O3S/c1-2-9-3-5-11(14-7-9)13(18)16-15-8-10-4-6-12(21-10)17(19)20/h3-8H,2H2,1H3,(H,16,18). The van der Waals surface area contributed by atoms with E-state index in [-0.39, 0.29) is 10.7 Å². The van der Waals surface area contributed by atoms with Gasteiger partial charge in [-0.25, -0.2) is 5.43 Å². The second-order valence-electron chi connectivity index (χ2n) is 4.04. The van der Waals surface area contributed by atoms with Crippen LogP contribution in [0.2, 0.25) is 0 Å². The van der Waals surface area contributed by atoms with Gasteiger partial charge in [0, 0.05) is 12.3 Å². The first-order chi connectivity index (χ1) is 10.1. The molecule has 0 aromatic carbocycles. The predicted molar refractivity (Wildman–Crippen MR) is 79.6 cm³/mol. The van der Waals surface area contributed by atoms with Crippen LogP contribution in [0.4, 0.5) is 5.00 Å². The third-order valence-electron chi connectivity index (χ3n) is 2.62. The van der Waals surface area contributed by atoms with Crippen LogP contribution in [-0.4, -0.2) is 22.0 Å². The quantitative estimate of drug-likeness (QED) is 0.521. The van der Waals surface area contributed by atoms with Gasteiger partial charge in [-0.15, -0.1) is 0 Å². The van der Waals surface area contributed by atoms with Gasteiger partial charge in [-0.05, 0) is 24.1 Å². The fourth-order valence-electron chi connectivity index (χ4n) is 1.49. The lowest BCUT2D eigenvalue weighted by Gasteiger charge is -2.00. The summed E-state index contributed by atoms with van der Waals surface area (Å²) in [5, 5.41) is 14.3. The number of thiophene rings is 1. The Kier molecular flexibility index (Phi) is 4.72. The smallest absolute Gasteiger partial charge is 0.266 e. The zero-order valence-corrected chi connectivity index (χ0v) is 12.0. The third kappa shape index (κ3) is 3.93. The largest absolute Gasteiger partial charge is 0.324 e. The van der Waals surface area contributed by atoms with Crippen LogP contribution < -0.4 is 5.43 Å². The number of nitrogens with one attached hydrogen (secondary N) is 1. The van der Waals surface area contributed by atoms with Crippen LogP contribution in [0, 0.1) is 10.1 Å². The summed E-state index contributed by atoms with van der Waals surface area (Å²) in [7, 11) is 0. The van der Waals surface area contributed by atoms with Gasteiger partial charge in [-0.2, -0.15) is 5.10 Å². The summed E-state index contributed by atoms with van der Waals surface area (Å²) >= 11 is 0.978. The summed E-state index contributed by atoms with van der Waals surface area (Å²) in [6, 6.07) is 6.40. The van der Waals surface area contributed by atoms with Gasteiger partial charge >= 0.3 is 5.00 Å². The molecule has 0 atom stereocenters. The Balaban J connectivity index is 1.95. The number of hydrazone groups is 1. The summed E-state index contributed by atoms with van der Waals surface area (Å²) < 4.78 is 0. The molecular formula is C13H12N4O3S. The lowest BCUT2D eigenvalue weighted by molar-refractivity contribution is -0.380. The van der Waals surface area contributed by atoms with Crippen LogP contribution in [0.1, 0.15) is 27.9 Å². The summed E-state index contributed by atoms with van der Waals surface area (Å²) in [5.41, 5.74) is 3.64. The van der Waals surface area contributed by atoms with E-state index in [4.69, 9.17) is 0 Å². The lowest BCUT2D eigenvalue weighted by atomic mass is 10.2. The van der Waals surface area contributed by atoms with E-state index < -0.39 is 10.8 Å². The molecule has 2 heterocycles. The fraction of sp³-hybridized carbons (Fsp3) is 0.154. The van der Waals surface area contributed by atoms with Gasteiger partial charge in [0.05, 0.1) is 16.0 Å². The second kappa shape index (κ2) is 6.71. The molecule has 2 aromatic rings. The molecule has 0 unspecified atom stereocenters. The number of pyridine rings is 1. The molecule has 0 aliphatic carbocycles. The zero-order chi connectivity index (χ0) is 15.2. The van der Waals surface area contributed by atoms with Crippen LogP contribution in [0.5, 0.6) is 0 Å². The van der Waals surface area contributed by atoms with Crippen molar-refractivity contribution in [2.75, 3.05) is 0 Å². The first kappa shape index (κ1) is 14.8. The fourth-order valence-corrected chi connectivity index (χ4v) is 2.18. The predicted octanol–water partition coefficient (Wildman–Crippen LogP) is 2.38. The van der Waals surface area contributed by atoms with Crippen molar-refractivity contribution in [2.45, 2.75) is 13.3 Å². The molecule has 7 nitrogen and oxygen atoms in total. The van der Waals surface area contributed by atoms with E-state index in [1.165, 1.54) is 12.3 Å². The van der Waals surface area contributed by atoms with E-state index in [1.807, 2.05) is 13.0 Å². The first-order valence-corrected chi connectivity index (χ1v) is 6.94. The molecule has 0 fully saturated rings. The molecule has 0 saturated heterocycles. The average Bonchev–Trinajstić information content (AvgIpc) is 2.96. The van der Waals surface area contributed by atoms with Gasteiger partial charge in [-0.3, -0.25) is 19.9 Å². The van der Waals surface area contributed by atoms with Crippen molar-refractivity contribution in [1.82, 2.24) is 10.4 Å². The Labute approximate surface area is 124 Å². The summed E-state index contributed by atoms with van der Waals surface area (Å²) in [5.74, 6) is -0.431. The van der Waals surface area contributed by atoms with Crippen molar-refractivity contribution in [3.63, 3.8) is 0 Å². The Morgan fingerprint density at radius 3 is 2.86 bits per heavy atom. The summed E-state index contributed by atoms with van der Waals surface area (Å²) in [4.78, 5) is 26.4. The summed E-state index contributed by atoms with van der Waals surface area (Å²) in [6.07, 6.45) is 3.85. The number of aromatic nitrogens is 1. The molecule has 0 saturated carbocycles. The highest BCUT2D eigenvalue weighted by atomic mass is 32.1. The topological polar surface area (TPSA) is 97.5 Å². The van der Waals surface area contributed by atoms with E-state index in [2.05, 4.69) is 15.5 Å². The number of aryl methyl sites for hydroxylation is 1. The zero-order valence-electron chi connectivity index (χ0n) is 11.1. The van der Waals surface area contributed by atoms with Crippen molar-refractivity contribution in [3.05, 3.63) is 56.7 Å². The molecule has 0 bridgehead atoms. The highest BCUT2D eigenvalue weighted by Gasteiger charge is 2.08. The minimum Gasteiger partial charge on any atom is -0.266 e. The van der Waals surface area contributed by atoms with E-state index in [1.54, 1.807) is 18.3 Å². The Hall–Kier alpha value is -2.61. The third-order valence-corrected chi connectivity index (χ3v) is 3.59. The minimum absolute atomic E-state index is 0.0274. The van der Waals surface area contributed by atoms with Gasteiger partial charge in [0.1, 0.15) is 5.69 Å². The molecular weight excluding hydrogens is 292 g/mol. The number of nitrogens with zero attached hydrogens (tertiary/aromatic N) is 3. The Bertz CT molecular complexity index is 679. The number of carbonyl (C=O) groups is 1. The van der Waals surface area contributed by atoms with Crippen molar-refractivity contribution in [3.8, 4) is 0 Å². The molecule has 21 heavy (non-hydrogen) atoms. The maximum absolute atomic E-state index is 11.8. The van der Waals surface area contributed by atoms with Crippen LogP contribution >= 0.6 is 11.3 Å². The molecule has 1 N–H and O–H groups in total. The normalized spacial score (nSPS) is 10.7. The highest BCUT2D eigenvalue weighted by Crippen LogP contribution is 2.22. The van der Waals surface area contributed by atoms with Gasteiger partial charge in [-0.1, -0.05) is 24.3 Å². The molecule has 0 radical (unpaired) electrons. The second-order valence-corrected chi connectivity index (χ2v) is 5.13. The molecule has 108 valence electrons. The first-order valence-electron chi connectivity index (χ1n) is 6.12. The van der Waals surface area contributed by atoms with E-state index >= 15 is 0 Å². The number of nitro groups is 1. The monoisotopic (exact) mass is 304 g/mol. The molecule has 0 aliphatic heterocycles. The average molecular weight is 304 g/mol. The maximum atomic E-state index is 11.8. The van der Waals surface area contributed by atoms with E-state index in [0.29, 0.717) is 4.88 Å². The van der Waals surface area contributed by atoms with Crippen molar-refractivity contribution in [1.29, 1.82) is 0 Å². The number of amides is 1. The number of rotatable bonds is 5. The van der Waals surface area contributed by atoms with Gasteiger partial charge in [0.25, 0.3) is 5.91 Å². The minimum atomic E-state index is -0.472. The van der Waals surface area contributed by atoms with Crippen LogP contribution in [0.25, 0.3) is 0 Å². The molecule has 2 rings (SSSR count). The summed E-state index contributed by atoms with van der Waals surface area (Å²) in [6.45, 7) is 2.00. The van der Waals surface area contributed by atoms with Crippen molar-refractivity contribution < 1.29 is 9.72 Å². The lowest BCUT2D eigenvalue weighted by Crippen LogP contribution is -2.18. The van der Waals surface area contributed by atoms with Crippen LogP contribution in [0.3, 0.4) is 0 Å². The molecule has 8 heteroatoms. The maximum Gasteiger partial charge on any atom is 0.324 e. The molecule has 0 spiro atoms. The molecule has 2 aromatic heterocycles. The number of hydrogen-bond donors (Lipinski definition) is 1. The van der Waals surface area contributed by atoms with E-state index in [0.717, 1.165) is 23.3 Å². The van der Waals surface area contributed by atoms with Crippen LogP contribution in [0.15, 0.2) is 35.6 Å². The molecule has 0 aliphatic rings. The van der Waals surface area contributed by atoms with Gasteiger partial charge in [0.2, 0.25) is 0 Å². The highest BCUT2D eigenvalue weighted by molar-refractivity contribution is 7.16. The SMILES string of the molecule is CCc1ccc(C(=O)NN=Cc2ccc([N+](=O)[O-])s2)nc1. The van der Waals surface area contributed by atoms with Crippen LogP contribution in [-0.2, 0) is 6.42 Å². The Morgan fingerprint density at radius 1 is 1.48 bits per heavy atom. The van der Waals surface area contributed by atoms with Gasteiger partial charge in [0.15, 0.2) is 0 Å². The number of hydrogen-bond acceptors (Lipinski definition) is 6. The molecule has 1 amide bonds. The van der Waals surface area contributed by atoms with Crippen molar-refractivity contribution >= 4 is 28.5 Å².